The summed E-state index contributed by atoms with van der Waals surface area (Å²) >= 11 is 0. The van der Waals surface area contributed by atoms with E-state index in [0.717, 1.165) is 19.4 Å². The van der Waals surface area contributed by atoms with Crippen LogP contribution in [0, 0.1) is 0 Å². The van der Waals surface area contributed by atoms with Crippen LogP contribution in [0.3, 0.4) is 0 Å². The predicted molar refractivity (Wildman–Crippen MR) is 144 cm³/mol. The number of hydrogen-bond acceptors (Lipinski definition) is 1. The molecule has 31 heavy (non-hydrogen) atoms. The molecular weight excluding hydrogens is 425 g/mol. The van der Waals surface area contributed by atoms with Crippen molar-refractivity contribution in [3.63, 3.8) is 0 Å². The Morgan fingerprint density at radius 1 is 0.935 bits per heavy atom. The minimum atomic E-state index is -1.55. The third-order valence-corrected chi connectivity index (χ3v) is 15.3. The monoisotopic (exact) mass is 460 g/mol. The maximum absolute atomic E-state index is 6.27. The topological polar surface area (TPSA) is 9.23 Å². The Labute approximate surface area is 191 Å². The first-order chi connectivity index (χ1) is 14.5. The number of hydrogen-bond donors (Lipinski definition) is 0. The minimum absolute atomic E-state index is 0.926. The molecule has 0 aromatic heterocycles. The SMILES string of the molecule is C[Si](C)(C)OCC[Si](C)(C)C1=C(c2cc3c(c4c2[Si]4(C)C)Cc2ccccc2-3)CC=C1. The third-order valence-electron chi connectivity index (χ3n) is 7.55. The molecule has 162 valence electrons. The van der Waals surface area contributed by atoms with E-state index in [1.807, 2.05) is 0 Å². The molecule has 0 saturated carbocycles. The van der Waals surface area contributed by atoms with E-state index in [4.69, 9.17) is 4.43 Å². The number of benzene rings is 2. The van der Waals surface area contributed by atoms with Crippen LogP contribution in [-0.2, 0) is 10.8 Å². The van der Waals surface area contributed by atoms with Crippen LogP contribution in [0.4, 0.5) is 0 Å². The van der Waals surface area contributed by atoms with E-state index in [-0.39, 0.29) is 0 Å². The zero-order valence-electron chi connectivity index (χ0n) is 20.3. The van der Waals surface area contributed by atoms with Crippen molar-refractivity contribution in [1.29, 1.82) is 0 Å². The average Bonchev–Trinajstić information content (AvgIpc) is 3.07. The van der Waals surface area contributed by atoms with Crippen LogP contribution < -0.4 is 10.4 Å². The van der Waals surface area contributed by atoms with Crippen molar-refractivity contribution in [2.24, 2.45) is 0 Å². The summed E-state index contributed by atoms with van der Waals surface area (Å²) < 4.78 is 6.27. The van der Waals surface area contributed by atoms with Crippen molar-refractivity contribution in [2.75, 3.05) is 6.61 Å². The van der Waals surface area contributed by atoms with Gasteiger partial charge in [0.15, 0.2) is 8.32 Å². The fourth-order valence-electron chi connectivity index (χ4n) is 5.84. The van der Waals surface area contributed by atoms with Gasteiger partial charge in [-0.2, -0.15) is 0 Å². The van der Waals surface area contributed by atoms with Crippen molar-refractivity contribution in [3.05, 3.63) is 64.4 Å². The van der Waals surface area contributed by atoms with Gasteiger partial charge in [-0.1, -0.05) is 73.0 Å². The summed E-state index contributed by atoms with van der Waals surface area (Å²) in [5.41, 5.74) is 9.43. The molecule has 0 spiro atoms. The smallest absolute Gasteiger partial charge is 0.183 e. The van der Waals surface area contributed by atoms with Gasteiger partial charge in [-0.05, 0) is 83.2 Å². The van der Waals surface area contributed by atoms with Crippen LogP contribution in [0.1, 0.15) is 23.1 Å². The standard InChI is InChI=1S/C27H36OSi3/c1-29(2,3)28-15-16-30(4,5)25-14-10-13-21(25)24-18-22-20-12-9-8-11-19(20)17-23(22)26-27(24)31(26,6)7/h8-12,14,18H,13,15-17H2,1-7H3. The molecule has 0 atom stereocenters. The average molecular weight is 461 g/mol. The zero-order chi connectivity index (χ0) is 22.2. The predicted octanol–water partition coefficient (Wildman–Crippen LogP) is 6.21. The quantitative estimate of drug-likeness (QED) is 0.398. The second-order valence-electron chi connectivity index (χ2n) is 11.8. The van der Waals surface area contributed by atoms with Crippen LogP contribution in [-0.4, -0.2) is 31.1 Å². The summed E-state index contributed by atoms with van der Waals surface area (Å²) in [5.74, 6) is 0. The molecule has 3 aliphatic rings. The summed E-state index contributed by atoms with van der Waals surface area (Å²) in [7, 11) is -4.41. The highest BCUT2D eigenvalue weighted by molar-refractivity contribution is 7.16. The van der Waals surface area contributed by atoms with Gasteiger partial charge in [0.1, 0.15) is 8.07 Å². The van der Waals surface area contributed by atoms with Gasteiger partial charge in [0, 0.05) is 6.61 Å². The van der Waals surface area contributed by atoms with Gasteiger partial charge in [-0.15, -0.1) is 0 Å². The molecule has 2 aromatic carbocycles. The van der Waals surface area contributed by atoms with Gasteiger partial charge >= 0.3 is 0 Å². The summed E-state index contributed by atoms with van der Waals surface area (Å²) in [4.78, 5) is 0. The molecule has 0 radical (unpaired) electrons. The van der Waals surface area contributed by atoms with Gasteiger partial charge < -0.3 is 4.43 Å². The second-order valence-corrected chi connectivity index (χ2v) is 25.3. The van der Waals surface area contributed by atoms with Crippen LogP contribution in [0.2, 0.25) is 51.9 Å². The molecule has 0 saturated heterocycles. The Morgan fingerprint density at radius 2 is 1.68 bits per heavy atom. The lowest BCUT2D eigenvalue weighted by molar-refractivity contribution is 0.332. The third kappa shape index (κ3) is 3.52. The Bertz CT molecular complexity index is 1150. The van der Waals surface area contributed by atoms with Crippen molar-refractivity contribution in [3.8, 4) is 11.1 Å². The molecule has 0 unspecified atom stereocenters. The fraction of sp³-hybridized carbons (Fsp3) is 0.407. The first kappa shape index (κ1) is 21.4. The van der Waals surface area contributed by atoms with E-state index in [1.165, 1.54) is 22.7 Å². The minimum Gasteiger partial charge on any atom is -0.418 e. The number of fused-ring (bicyclic) bond motifs is 5. The highest BCUT2D eigenvalue weighted by atomic mass is 28.4. The van der Waals surface area contributed by atoms with Gasteiger partial charge in [-0.3, -0.25) is 0 Å². The molecular formula is C27H36OSi3. The van der Waals surface area contributed by atoms with Gasteiger partial charge in [0.25, 0.3) is 0 Å². The molecule has 0 amide bonds. The lowest BCUT2D eigenvalue weighted by Crippen LogP contribution is -2.34. The number of allylic oxidation sites excluding steroid dienone is 4. The molecule has 1 heterocycles. The maximum atomic E-state index is 6.27. The summed E-state index contributed by atoms with van der Waals surface area (Å²) in [6.07, 6.45) is 7.14. The highest BCUT2D eigenvalue weighted by Gasteiger charge is 2.50. The van der Waals surface area contributed by atoms with Crippen LogP contribution in [0.25, 0.3) is 16.7 Å². The van der Waals surface area contributed by atoms with E-state index < -0.39 is 24.5 Å². The summed E-state index contributed by atoms with van der Waals surface area (Å²) in [5, 5.41) is 5.21. The normalized spacial score (nSPS) is 18.3. The van der Waals surface area contributed by atoms with Crippen molar-refractivity contribution in [2.45, 2.75) is 64.7 Å². The van der Waals surface area contributed by atoms with Crippen molar-refractivity contribution < 1.29 is 4.43 Å². The van der Waals surface area contributed by atoms with Crippen molar-refractivity contribution in [1.82, 2.24) is 0 Å². The van der Waals surface area contributed by atoms with E-state index in [2.05, 4.69) is 88.3 Å². The maximum Gasteiger partial charge on any atom is 0.183 e. The van der Waals surface area contributed by atoms with Crippen LogP contribution in [0.5, 0.6) is 0 Å². The van der Waals surface area contributed by atoms with E-state index in [9.17, 15) is 0 Å². The molecule has 5 rings (SSSR count). The Kier molecular flexibility index (Phi) is 4.84. The summed E-state index contributed by atoms with van der Waals surface area (Å²) in [6.45, 7) is 18.1. The largest absolute Gasteiger partial charge is 0.418 e. The van der Waals surface area contributed by atoms with Crippen LogP contribution >= 0.6 is 0 Å². The Morgan fingerprint density at radius 3 is 2.42 bits per heavy atom. The lowest BCUT2D eigenvalue weighted by Gasteiger charge is -2.27. The first-order valence-electron chi connectivity index (χ1n) is 11.8. The molecule has 0 fully saturated rings. The summed E-state index contributed by atoms with van der Waals surface area (Å²) in [6, 6.07) is 12.9. The second kappa shape index (κ2) is 7.01. The van der Waals surface area contributed by atoms with E-state index in [0.29, 0.717) is 0 Å². The van der Waals surface area contributed by atoms with Crippen molar-refractivity contribution >= 4 is 40.4 Å². The Balaban J connectivity index is 1.57. The molecule has 4 heteroatoms. The molecule has 0 bridgehead atoms. The number of rotatable bonds is 6. The fourth-order valence-corrected chi connectivity index (χ4v) is 13.1. The van der Waals surface area contributed by atoms with E-state index >= 15 is 0 Å². The van der Waals surface area contributed by atoms with Gasteiger partial charge in [0.2, 0.25) is 0 Å². The molecule has 1 aliphatic heterocycles. The first-order valence-corrected chi connectivity index (χ1v) is 21.5. The molecule has 2 aromatic rings. The van der Waals surface area contributed by atoms with Gasteiger partial charge in [-0.25, -0.2) is 0 Å². The molecule has 2 aliphatic carbocycles. The molecule has 1 nitrogen and oxygen atoms in total. The van der Waals surface area contributed by atoms with Gasteiger partial charge in [0.05, 0.1) is 8.07 Å². The zero-order valence-corrected chi connectivity index (χ0v) is 23.3. The van der Waals surface area contributed by atoms with Crippen LogP contribution in [0.15, 0.2) is 47.7 Å². The lowest BCUT2D eigenvalue weighted by atomic mass is 9.98. The molecule has 0 N–H and O–H groups in total. The highest BCUT2D eigenvalue weighted by Crippen LogP contribution is 2.44. The Hall–Kier alpha value is -1.47. The van der Waals surface area contributed by atoms with E-state index in [1.54, 1.807) is 32.3 Å².